The predicted molar refractivity (Wildman–Crippen MR) is 98.0 cm³/mol. The van der Waals surface area contributed by atoms with Crippen molar-refractivity contribution in [3.8, 4) is 0 Å². The lowest BCUT2D eigenvalue weighted by Gasteiger charge is -2.15. The molecule has 11 heteroatoms. The van der Waals surface area contributed by atoms with E-state index in [4.69, 9.17) is 9.56 Å². The molecule has 0 radical (unpaired) electrons. The van der Waals surface area contributed by atoms with E-state index in [9.17, 15) is 18.0 Å². The third-order valence-corrected chi connectivity index (χ3v) is 5.00. The number of hydrogen-bond donors (Lipinski definition) is 2. The van der Waals surface area contributed by atoms with Gasteiger partial charge in [0.1, 0.15) is 18.4 Å². The van der Waals surface area contributed by atoms with Crippen LogP contribution in [0.5, 0.6) is 0 Å². The minimum absolute atomic E-state index is 0.0140. The molecule has 2 atom stereocenters. The highest BCUT2D eigenvalue weighted by Crippen LogP contribution is 2.29. The number of carbonyl (C=O) groups excluding carboxylic acids is 2. The molecule has 3 rings (SSSR count). The van der Waals surface area contributed by atoms with E-state index in [1.165, 1.54) is 31.8 Å². The highest BCUT2D eigenvalue weighted by atomic mass is 32.2. The third-order valence-electron chi connectivity index (χ3n) is 4.54. The zero-order chi connectivity index (χ0) is 20.3. The quantitative estimate of drug-likeness (QED) is 0.615. The van der Waals surface area contributed by atoms with E-state index >= 15 is 0 Å². The molecule has 0 aliphatic heterocycles. The van der Waals surface area contributed by atoms with Gasteiger partial charge in [0.25, 0.3) is 0 Å². The van der Waals surface area contributed by atoms with Gasteiger partial charge >= 0.3 is 10.3 Å². The Bertz CT molecular complexity index is 987. The number of aromatic nitrogens is 2. The van der Waals surface area contributed by atoms with Crippen molar-refractivity contribution in [1.29, 1.82) is 0 Å². The molecule has 0 amide bonds. The molecule has 1 aliphatic carbocycles. The van der Waals surface area contributed by atoms with Gasteiger partial charge in [-0.05, 0) is 38.2 Å². The van der Waals surface area contributed by atoms with Crippen molar-refractivity contribution >= 4 is 27.7 Å². The van der Waals surface area contributed by atoms with E-state index < -0.39 is 16.1 Å². The molecule has 1 fully saturated rings. The van der Waals surface area contributed by atoms with Gasteiger partial charge in [-0.15, -0.1) is 0 Å². The molecule has 0 unspecified atom stereocenters. The molecule has 0 saturated heterocycles. The highest BCUT2D eigenvalue weighted by Gasteiger charge is 2.28. The van der Waals surface area contributed by atoms with Crippen molar-refractivity contribution in [2.75, 3.05) is 11.9 Å². The standard InChI is InChI=1S/C17H20N4O6S/c1-10(22)12-5-15(26-8-12)16(23)14-6-19-9-20-17(14)21-13-3-2-11(4-13)7-27-28(18,24)25/h5-6,8-9,11,13H,2-4,7H2,1H3,(H2,18,24,25)(H,19,20,21)/t11-,13+/m1/s1. The molecule has 150 valence electrons. The molecule has 0 aromatic carbocycles. The Kier molecular flexibility index (Phi) is 5.87. The first-order valence-electron chi connectivity index (χ1n) is 8.61. The van der Waals surface area contributed by atoms with Crippen LogP contribution in [0, 0.1) is 5.92 Å². The van der Waals surface area contributed by atoms with E-state index in [1.54, 1.807) is 0 Å². The number of rotatable bonds is 8. The molecular weight excluding hydrogens is 388 g/mol. The first-order valence-corrected chi connectivity index (χ1v) is 10.1. The molecule has 1 saturated carbocycles. The van der Waals surface area contributed by atoms with Crippen LogP contribution in [0.3, 0.4) is 0 Å². The van der Waals surface area contributed by atoms with Crippen molar-refractivity contribution in [2.24, 2.45) is 11.1 Å². The van der Waals surface area contributed by atoms with Gasteiger partial charge in [0.05, 0.1) is 17.7 Å². The number of anilines is 1. The molecule has 28 heavy (non-hydrogen) atoms. The van der Waals surface area contributed by atoms with Crippen LogP contribution in [-0.2, 0) is 14.5 Å². The molecule has 2 aromatic rings. The fraction of sp³-hybridized carbons (Fsp3) is 0.412. The van der Waals surface area contributed by atoms with Crippen LogP contribution in [0.2, 0.25) is 0 Å². The Morgan fingerprint density at radius 3 is 2.86 bits per heavy atom. The Labute approximate surface area is 161 Å². The van der Waals surface area contributed by atoms with Crippen LogP contribution in [0.4, 0.5) is 5.82 Å². The van der Waals surface area contributed by atoms with Crippen LogP contribution in [0.1, 0.15) is 52.7 Å². The Morgan fingerprint density at radius 1 is 1.39 bits per heavy atom. The van der Waals surface area contributed by atoms with Gasteiger partial charge in [-0.2, -0.15) is 8.42 Å². The lowest BCUT2D eigenvalue weighted by atomic mass is 10.1. The molecule has 2 aromatic heterocycles. The molecule has 0 spiro atoms. The normalized spacial score (nSPS) is 19.5. The second-order valence-corrected chi connectivity index (χ2v) is 7.89. The van der Waals surface area contributed by atoms with Crippen molar-refractivity contribution in [3.05, 3.63) is 41.7 Å². The van der Waals surface area contributed by atoms with Gasteiger partial charge in [0.15, 0.2) is 11.5 Å². The fourth-order valence-corrected chi connectivity index (χ4v) is 3.51. The second kappa shape index (κ2) is 8.17. The van der Waals surface area contributed by atoms with E-state index in [-0.39, 0.29) is 35.7 Å². The van der Waals surface area contributed by atoms with E-state index in [0.717, 1.165) is 12.8 Å². The van der Waals surface area contributed by atoms with Gasteiger partial charge in [0, 0.05) is 12.2 Å². The number of ketones is 2. The molecule has 3 N–H and O–H groups in total. The maximum Gasteiger partial charge on any atom is 0.333 e. The van der Waals surface area contributed by atoms with Crippen LogP contribution in [0.25, 0.3) is 0 Å². The summed E-state index contributed by atoms with van der Waals surface area (Å²) in [5, 5.41) is 8.05. The average molecular weight is 408 g/mol. The Morgan fingerprint density at radius 2 is 2.18 bits per heavy atom. The first kappa shape index (κ1) is 20.1. The second-order valence-electron chi connectivity index (χ2n) is 6.67. The lowest BCUT2D eigenvalue weighted by molar-refractivity contribution is 0.100. The lowest BCUT2D eigenvalue weighted by Crippen LogP contribution is -2.22. The number of nitrogens with zero attached hydrogens (tertiary/aromatic N) is 2. The van der Waals surface area contributed by atoms with Gasteiger partial charge in [-0.3, -0.25) is 13.8 Å². The summed E-state index contributed by atoms with van der Waals surface area (Å²) in [4.78, 5) is 32.2. The summed E-state index contributed by atoms with van der Waals surface area (Å²) in [6.45, 7) is 1.40. The summed E-state index contributed by atoms with van der Waals surface area (Å²) in [6.07, 6.45) is 6.08. The van der Waals surface area contributed by atoms with Gasteiger partial charge in [-0.25, -0.2) is 15.1 Å². The summed E-state index contributed by atoms with van der Waals surface area (Å²) >= 11 is 0. The number of Topliss-reactive ketones (excluding diaryl/α,β-unsaturated/α-hetero) is 1. The zero-order valence-corrected chi connectivity index (χ0v) is 15.9. The minimum Gasteiger partial charge on any atom is -0.460 e. The van der Waals surface area contributed by atoms with Crippen molar-refractivity contribution < 1.29 is 26.6 Å². The number of furan rings is 1. The topological polar surface area (TPSA) is 154 Å². The van der Waals surface area contributed by atoms with Gasteiger partial charge in [-0.1, -0.05) is 0 Å². The van der Waals surface area contributed by atoms with Crippen LogP contribution < -0.4 is 10.5 Å². The van der Waals surface area contributed by atoms with Gasteiger partial charge < -0.3 is 9.73 Å². The fourth-order valence-electron chi connectivity index (χ4n) is 3.13. The molecule has 0 bridgehead atoms. The molecule has 1 aliphatic rings. The minimum atomic E-state index is -3.96. The van der Waals surface area contributed by atoms with E-state index in [0.29, 0.717) is 17.8 Å². The molecule has 10 nitrogen and oxygen atoms in total. The number of carbonyl (C=O) groups is 2. The maximum atomic E-state index is 12.7. The van der Waals surface area contributed by atoms with E-state index in [1.807, 2.05) is 0 Å². The SMILES string of the molecule is CC(=O)c1coc(C(=O)c2cncnc2N[C@H]2CC[C@@H](COS(N)(=O)=O)C2)c1. The summed E-state index contributed by atoms with van der Waals surface area (Å²) in [5.74, 6) is -0.250. The highest BCUT2D eigenvalue weighted by molar-refractivity contribution is 7.84. The van der Waals surface area contributed by atoms with Crippen molar-refractivity contribution in [1.82, 2.24) is 9.97 Å². The summed E-state index contributed by atoms with van der Waals surface area (Å²) in [7, 11) is -3.96. The monoisotopic (exact) mass is 408 g/mol. The molecular formula is C17H20N4O6S. The summed E-state index contributed by atoms with van der Waals surface area (Å²) < 4.78 is 31.7. The maximum absolute atomic E-state index is 12.7. The first-order chi connectivity index (χ1) is 13.2. The number of hydrogen-bond acceptors (Lipinski definition) is 9. The molecule has 2 heterocycles. The third kappa shape index (κ3) is 5.00. The Hall–Kier alpha value is -2.63. The summed E-state index contributed by atoms with van der Waals surface area (Å²) in [5.41, 5.74) is 0.527. The summed E-state index contributed by atoms with van der Waals surface area (Å²) in [6, 6.07) is 1.37. The van der Waals surface area contributed by atoms with Gasteiger partial charge in [0.2, 0.25) is 5.78 Å². The van der Waals surface area contributed by atoms with Crippen LogP contribution in [0.15, 0.2) is 29.3 Å². The van der Waals surface area contributed by atoms with E-state index in [2.05, 4.69) is 19.5 Å². The smallest absolute Gasteiger partial charge is 0.333 e. The van der Waals surface area contributed by atoms with Crippen molar-refractivity contribution in [2.45, 2.75) is 32.2 Å². The number of nitrogens with two attached hydrogens (primary N) is 1. The zero-order valence-electron chi connectivity index (χ0n) is 15.1. The Balaban J connectivity index is 1.69. The van der Waals surface area contributed by atoms with Crippen LogP contribution >= 0.6 is 0 Å². The predicted octanol–water partition coefficient (Wildman–Crippen LogP) is 1.30. The average Bonchev–Trinajstić information content (AvgIpc) is 3.29. The van der Waals surface area contributed by atoms with Crippen LogP contribution in [-0.4, -0.2) is 42.6 Å². The number of nitrogens with one attached hydrogen (secondary N) is 1. The largest absolute Gasteiger partial charge is 0.460 e. The van der Waals surface area contributed by atoms with Crippen molar-refractivity contribution in [3.63, 3.8) is 0 Å².